The maximum absolute atomic E-state index is 12.7. The lowest BCUT2D eigenvalue weighted by Gasteiger charge is -2.43. The van der Waals surface area contributed by atoms with Gasteiger partial charge in [0.1, 0.15) is 0 Å². The second-order valence-corrected chi connectivity index (χ2v) is 8.36. The van der Waals surface area contributed by atoms with E-state index in [-0.39, 0.29) is 11.8 Å². The van der Waals surface area contributed by atoms with Crippen molar-refractivity contribution >= 4 is 11.6 Å². The molecule has 4 heteroatoms. The van der Waals surface area contributed by atoms with Crippen molar-refractivity contribution in [2.75, 3.05) is 18.0 Å². The van der Waals surface area contributed by atoms with Gasteiger partial charge in [-0.2, -0.15) is 0 Å². The molecule has 0 saturated heterocycles. The summed E-state index contributed by atoms with van der Waals surface area (Å²) in [7, 11) is 0. The minimum Gasteiger partial charge on any atom is -0.366 e. The Balaban J connectivity index is 1.32. The highest BCUT2D eigenvalue weighted by Gasteiger charge is 2.40. The minimum atomic E-state index is 0.174. The number of fused-ring (bicyclic) bond motifs is 3. The maximum Gasteiger partial charge on any atom is 0.223 e. The average Bonchev–Trinajstić information content (AvgIpc) is 3.03. The van der Waals surface area contributed by atoms with Crippen molar-refractivity contribution in [3.8, 4) is 0 Å². The van der Waals surface area contributed by atoms with Crippen molar-refractivity contribution in [1.82, 2.24) is 5.32 Å². The Kier molecular flexibility index (Phi) is 4.72. The first-order valence-electron chi connectivity index (χ1n) is 10.0. The van der Waals surface area contributed by atoms with E-state index >= 15 is 0 Å². The van der Waals surface area contributed by atoms with E-state index in [1.807, 2.05) is 0 Å². The Labute approximate surface area is 151 Å². The van der Waals surface area contributed by atoms with E-state index in [0.29, 0.717) is 23.9 Å². The molecule has 2 bridgehead atoms. The first-order valence-corrected chi connectivity index (χ1v) is 10.0. The molecule has 1 aliphatic heterocycles. The number of nitrogens with two attached hydrogens (primary N) is 1. The van der Waals surface area contributed by atoms with E-state index in [9.17, 15) is 4.79 Å². The van der Waals surface area contributed by atoms with Crippen LogP contribution in [0.1, 0.15) is 44.6 Å². The van der Waals surface area contributed by atoms with Gasteiger partial charge in [0.15, 0.2) is 0 Å². The predicted molar refractivity (Wildman–Crippen MR) is 101 cm³/mol. The smallest absolute Gasteiger partial charge is 0.223 e. The summed E-state index contributed by atoms with van der Waals surface area (Å²) in [4.78, 5) is 15.2. The molecule has 1 amide bonds. The number of nitrogens with zero attached hydrogens (tertiary/aromatic N) is 1. The molecule has 3 unspecified atom stereocenters. The van der Waals surface area contributed by atoms with Gasteiger partial charge >= 0.3 is 0 Å². The summed E-state index contributed by atoms with van der Waals surface area (Å²) in [6.07, 6.45) is 6.81. The van der Waals surface area contributed by atoms with E-state index < -0.39 is 0 Å². The van der Waals surface area contributed by atoms with Crippen LogP contribution in [0.3, 0.4) is 0 Å². The monoisotopic (exact) mass is 341 g/mol. The molecule has 3 aliphatic rings. The number of hydrogen-bond donors (Lipinski definition) is 2. The van der Waals surface area contributed by atoms with Gasteiger partial charge in [0.2, 0.25) is 5.91 Å². The Morgan fingerprint density at radius 1 is 1.28 bits per heavy atom. The fourth-order valence-corrected chi connectivity index (χ4v) is 5.33. The third kappa shape index (κ3) is 3.29. The molecule has 0 radical (unpaired) electrons. The van der Waals surface area contributed by atoms with E-state index in [1.165, 1.54) is 30.5 Å². The SMILES string of the molecule is CC(CNC(=O)C1CC2CCCC(C1)C2N)N1CCc2ccccc21. The molecule has 0 aromatic heterocycles. The molecule has 1 aromatic rings. The van der Waals surface area contributed by atoms with Crippen LogP contribution < -0.4 is 16.0 Å². The molecule has 25 heavy (non-hydrogen) atoms. The second-order valence-electron chi connectivity index (χ2n) is 8.36. The van der Waals surface area contributed by atoms with Gasteiger partial charge in [-0.05, 0) is 62.5 Å². The van der Waals surface area contributed by atoms with Crippen molar-refractivity contribution in [3.05, 3.63) is 29.8 Å². The normalized spacial score (nSPS) is 32.2. The number of nitrogens with one attached hydrogen (secondary N) is 1. The van der Waals surface area contributed by atoms with Gasteiger partial charge in [-0.15, -0.1) is 0 Å². The van der Waals surface area contributed by atoms with Crippen molar-refractivity contribution in [1.29, 1.82) is 0 Å². The number of anilines is 1. The zero-order valence-corrected chi connectivity index (χ0v) is 15.3. The largest absolute Gasteiger partial charge is 0.366 e. The summed E-state index contributed by atoms with van der Waals surface area (Å²) >= 11 is 0. The number of hydrogen-bond acceptors (Lipinski definition) is 3. The zero-order valence-electron chi connectivity index (χ0n) is 15.3. The molecule has 4 rings (SSSR count). The highest BCUT2D eigenvalue weighted by Crippen LogP contribution is 2.41. The van der Waals surface area contributed by atoms with Crippen LogP contribution in [0.4, 0.5) is 5.69 Å². The number of para-hydroxylation sites is 1. The molecule has 136 valence electrons. The fourth-order valence-electron chi connectivity index (χ4n) is 5.33. The Morgan fingerprint density at radius 2 is 2.00 bits per heavy atom. The highest BCUT2D eigenvalue weighted by molar-refractivity contribution is 5.79. The number of benzene rings is 1. The van der Waals surface area contributed by atoms with Crippen LogP contribution in [0.25, 0.3) is 0 Å². The Hall–Kier alpha value is -1.55. The van der Waals surface area contributed by atoms with Crippen LogP contribution in [-0.2, 0) is 11.2 Å². The lowest BCUT2D eigenvalue weighted by Crippen LogP contribution is -2.50. The van der Waals surface area contributed by atoms with Gasteiger partial charge < -0.3 is 16.0 Å². The van der Waals surface area contributed by atoms with Crippen LogP contribution >= 0.6 is 0 Å². The van der Waals surface area contributed by atoms with Crippen LogP contribution in [0.15, 0.2) is 24.3 Å². The van der Waals surface area contributed by atoms with Crippen molar-refractivity contribution in [2.24, 2.45) is 23.5 Å². The summed E-state index contributed by atoms with van der Waals surface area (Å²) in [6, 6.07) is 9.29. The molecule has 4 nitrogen and oxygen atoms in total. The van der Waals surface area contributed by atoms with Gasteiger partial charge in [0.05, 0.1) is 0 Å². The molecule has 1 heterocycles. The number of carbonyl (C=O) groups is 1. The van der Waals surface area contributed by atoms with E-state index in [0.717, 1.165) is 32.4 Å². The molecule has 2 fully saturated rings. The first-order chi connectivity index (χ1) is 12.1. The van der Waals surface area contributed by atoms with E-state index in [4.69, 9.17) is 5.73 Å². The Morgan fingerprint density at radius 3 is 2.76 bits per heavy atom. The summed E-state index contributed by atoms with van der Waals surface area (Å²) in [5, 5.41) is 3.24. The van der Waals surface area contributed by atoms with Crippen LogP contribution in [0.5, 0.6) is 0 Å². The average molecular weight is 341 g/mol. The van der Waals surface area contributed by atoms with Gasteiger partial charge in [-0.25, -0.2) is 0 Å². The van der Waals surface area contributed by atoms with Crippen LogP contribution in [0, 0.1) is 17.8 Å². The van der Waals surface area contributed by atoms with Gasteiger partial charge in [0, 0.05) is 36.8 Å². The third-order valence-corrected chi connectivity index (χ3v) is 6.81. The summed E-state index contributed by atoms with van der Waals surface area (Å²) in [5.74, 6) is 1.55. The molecule has 3 N–H and O–H groups in total. The quantitative estimate of drug-likeness (QED) is 0.885. The summed E-state index contributed by atoms with van der Waals surface area (Å²) < 4.78 is 0. The van der Waals surface area contributed by atoms with Gasteiger partial charge in [0.25, 0.3) is 0 Å². The first kappa shape index (κ1) is 16.9. The fraction of sp³-hybridized carbons (Fsp3) is 0.667. The molecule has 0 spiro atoms. The third-order valence-electron chi connectivity index (χ3n) is 6.81. The van der Waals surface area contributed by atoms with Crippen LogP contribution in [-0.4, -0.2) is 31.1 Å². The van der Waals surface area contributed by atoms with Crippen molar-refractivity contribution in [3.63, 3.8) is 0 Å². The van der Waals surface area contributed by atoms with Gasteiger partial charge in [-0.1, -0.05) is 24.6 Å². The molecule has 3 atom stereocenters. The molecular weight excluding hydrogens is 310 g/mol. The van der Waals surface area contributed by atoms with Crippen molar-refractivity contribution in [2.45, 2.75) is 57.5 Å². The zero-order chi connectivity index (χ0) is 17.4. The van der Waals surface area contributed by atoms with E-state index in [1.54, 1.807) is 0 Å². The number of amides is 1. The minimum absolute atomic E-state index is 0.174. The molecule has 2 aliphatic carbocycles. The van der Waals surface area contributed by atoms with Crippen molar-refractivity contribution < 1.29 is 4.79 Å². The number of carbonyl (C=O) groups excluding carboxylic acids is 1. The molecular formula is C21H31N3O. The number of rotatable bonds is 4. The molecule has 1 aromatic carbocycles. The standard InChI is InChI=1S/C21H31N3O/c1-14(24-10-9-15-5-2-3-8-19(15)24)13-23-21(25)18-11-16-6-4-7-17(12-18)20(16)22/h2-3,5,8,14,16-18,20H,4,6-7,9-13,22H2,1H3,(H,23,25). The lowest BCUT2D eigenvalue weighted by molar-refractivity contribution is -0.127. The maximum atomic E-state index is 12.7. The summed E-state index contributed by atoms with van der Waals surface area (Å²) in [6.45, 7) is 4.00. The lowest BCUT2D eigenvalue weighted by atomic mass is 9.65. The van der Waals surface area contributed by atoms with Crippen LogP contribution in [0.2, 0.25) is 0 Å². The summed E-state index contributed by atoms with van der Waals surface area (Å²) in [5.41, 5.74) is 9.12. The van der Waals surface area contributed by atoms with Gasteiger partial charge in [-0.3, -0.25) is 4.79 Å². The second kappa shape index (κ2) is 6.99. The molecule has 2 saturated carbocycles. The Bertz CT molecular complexity index is 617. The topological polar surface area (TPSA) is 58.4 Å². The highest BCUT2D eigenvalue weighted by atomic mass is 16.1. The predicted octanol–water partition coefficient (Wildman–Crippen LogP) is 2.71. The van der Waals surface area contributed by atoms with E-state index in [2.05, 4.69) is 41.4 Å².